The van der Waals surface area contributed by atoms with E-state index in [9.17, 15) is 9.90 Å². The third-order valence-electron chi connectivity index (χ3n) is 2.09. The molecule has 1 unspecified atom stereocenters. The van der Waals surface area contributed by atoms with Gasteiger partial charge in [-0.2, -0.15) is 0 Å². The van der Waals surface area contributed by atoms with Gasteiger partial charge in [-0.15, -0.1) is 22.7 Å². The normalized spacial score (nSPS) is 12.4. The first-order chi connectivity index (χ1) is 8.11. The Labute approximate surface area is 106 Å². The van der Waals surface area contributed by atoms with Gasteiger partial charge in [0, 0.05) is 5.38 Å². The second kappa shape index (κ2) is 4.91. The Kier molecular flexibility index (Phi) is 3.51. The number of rotatable bonds is 4. The maximum Gasteiger partial charge on any atom is 0.213 e. The molecule has 1 amide bonds. The monoisotopic (exact) mass is 269 g/mol. The van der Waals surface area contributed by atoms with Gasteiger partial charge in [-0.3, -0.25) is 4.79 Å². The minimum atomic E-state index is -0.571. The number of hydrogen-bond donors (Lipinski definition) is 2. The first-order valence-corrected chi connectivity index (χ1v) is 6.63. The SMILES string of the molecule is Cc1nc(C(C)O)sc1-c1csc(NC=O)n1. The molecule has 2 aromatic rings. The molecule has 2 N–H and O–H groups in total. The predicted octanol–water partition coefficient (Wildman–Crippen LogP) is 2.20. The first kappa shape index (κ1) is 12.2. The molecule has 2 rings (SSSR count). The third kappa shape index (κ3) is 2.51. The van der Waals surface area contributed by atoms with E-state index in [-0.39, 0.29) is 0 Å². The largest absolute Gasteiger partial charge is 0.386 e. The molecule has 7 heteroatoms. The zero-order valence-electron chi connectivity index (χ0n) is 9.30. The van der Waals surface area contributed by atoms with Crippen molar-refractivity contribution in [1.29, 1.82) is 0 Å². The number of nitrogens with one attached hydrogen (secondary N) is 1. The number of aliphatic hydroxyl groups is 1. The minimum absolute atomic E-state index is 0.557. The fourth-order valence-electron chi connectivity index (χ4n) is 1.33. The maximum absolute atomic E-state index is 10.3. The topological polar surface area (TPSA) is 75.1 Å². The van der Waals surface area contributed by atoms with E-state index in [0.29, 0.717) is 16.5 Å². The van der Waals surface area contributed by atoms with Crippen LogP contribution in [0.3, 0.4) is 0 Å². The van der Waals surface area contributed by atoms with Gasteiger partial charge >= 0.3 is 0 Å². The van der Waals surface area contributed by atoms with Gasteiger partial charge in [0.2, 0.25) is 6.41 Å². The molecule has 0 aliphatic heterocycles. The van der Waals surface area contributed by atoms with Crippen molar-refractivity contribution in [2.45, 2.75) is 20.0 Å². The van der Waals surface area contributed by atoms with Gasteiger partial charge in [-0.25, -0.2) is 9.97 Å². The predicted molar refractivity (Wildman–Crippen MR) is 68.3 cm³/mol. The number of anilines is 1. The van der Waals surface area contributed by atoms with Crippen molar-refractivity contribution in [3.05, 3.63) is 16.1 Å². The maximum atomic E-state index is 10.3. The van der Waals surface area contributed by atoms with Crippen molar-refractivity contribution >= 4 is 34.2 Å². The highest BCUT2D eigenvalue weighted by Gasteiger charge is 2.15. The minimum Gasteiger partial charge on any atom is -0.386 e. The lowest BCUT2D eigenvalue weighted by Crippen LogP contribution is -1.91. The summed E-state index contributed by atoms with van der Waals surface area (Å²) in [6, 6.07) is 0. The summed E-state index contributed by atoms with van der Waals surface area (Å²) in [4.78, 5) is 19.8. The second-order valence-corrected chi connectivity index (χ2v) is 5.33. The zero-order chi connectivity index (χ0) is 12.4. The summed E-state index contributed by atoms with van der Waals surface area (Å²) in [5.74, 6) is 0. The molecule has 1 atom stereocenters. The molecule has 0 saturated carbocycles. The van der Waals surface area contributed by atoms with Crippen LogP contribution in [0.15, 0.2) is 5.38 Å². The number of aromatic nitrogens is 2. The summed E-state index contributed by atoms with van der Waals surface area (Å²) in [5.41, 5.74) is 1.62. The van der Waals surface area contributed by atoms with E-state index in [1.165, 1.54) is 22.7 Å². The van der Waals surface area contributed by atoms with Gasteiger partial charge in [-0.1, -0.05) is 0 Å². The molecule has 0 bridgehead atoms. The molecule has 0 fully saturated rings. The van der Waals surface area contributed by atoms with Gasteiger partial charge in [0.25, 0.3) is 0 Å². The summed E-state index contributed by atoms with van der Waals surface area (Å²) < 4.78 is 0. The Morgan fingerprint density at radius 3 is 2.88 bits per heavy atom. The van der Waals surface area contributed by atoms with E-state index in [0.717, 1.165) is 16.3 Å². The van der Waals surface area contributed by atoms with Crippen molar-refractivity contribution < 1.29 is 9.90 Å². The molecule has 0 spiro atoms. The Morgan fingerprint density at radius 1 is 1.53 bits per heavy atom. The van der Waals surface area contributed by atoms with Crippen molar-refractivity contribution in [3.8, 4) is 10.6 Å². The summed E-state index contributed by atoms with van der Waals surface area (Å²) in [6.45, 7) is 3.56. The van der Waals surface area contributed by atoms with Crippen LogP contribution in [0, 0.1) is 6.92 Å². The molecule has 17 heavy (non-hydrogen) atoms. The van der Waals surface area contributed by atoms with Crippen LogP contribution in [0.2, 0.25) is 0 Å². The van der Waals surface area contributed by atoms with Crippen molar-refractivity contribution in [3.63, 3.8) is 0 Å². The number of aliphatic hydroxyl groups excluding tert-OH is 1. The van der Waals surface area contributed by atoms with E-state index in [2.05, 4.69) is 15.3 Å². The molecule has 0 aliphatic carbocycles. The molecule has 2 aromatic heterocycles. The van der Waals surface area contributed by atoms with E-state index in [1.54, 1.807) is 6.92 Å². The molecule has 5 nitrogen and oxygen atoms in total. The van der Waals surface area contributed by atoms with Gasteiger partial charge in [0.05, 0.1) is 16.3 Å². The Balaban J connectivity index is 2.34. The Morgan fingerprint density at radius 2 is 2.29 bits per heavy atom. The van der Waals surface area contributed by atoms with E-state index < -0.39 is 6.10 Å². The van der Waals surface area contributed by atoms with E-state index in [1.807, 2.05) is 12.3 Å². The standard InChI is InChI=1S/C10H11N3O2S2/c1-5-8(17-9(12-5)6(2)15)7-3-16-10(13-7)11-4-14/h3-4,6,15H,1-2H3,(H,11,13,14). The molecule has 0 radical (unpaired) electrons. The lowest BCUT2D eigenvalue weighted by atomic mass is 10.3. The van der Waals surface area contributed by atoms with Gasteiger partial charge in [0.1, 0.15) is 11.1 Å². The second-order valence-electron chi connectivity index (χ2n) is 3.44. The highest BCUT2D eigenvalue weighted by molar-refractivity contribution is 7.17. The van der Waals surface area contributed by atoms with Crippen LogP contribution in [0.4, 0.5) is 5.13 Å². The zero-order valence-corrected chi connectivity index (χ0v) is 10.9. The average molecular weight is 269 g/mol. The summed E-state index contributed by atoms with van der Waals surface area (Å²) in [7, 11) is 0. The number of hydrogen-bond acceptors (Lipinski definition) is 6. The van der Waals surface area contributed by atoms with Crippen LogP contribution >= 0.6 is 22.7 Å². The number of aryl methyl sites for hydroxylation is 1. The van der Waals surface area contributed by atoms with Crippen LogP contribution in [0.5, 0.6) is 0 Å². The number of thiazole rings is 2. The van der Waals surface area contributed by atoms with E-state index in [4.69, 9.17) is 0 Å². The van der Waals surface area contributed by atoms with Gasteiger partial charge < -0.3 is 10.4 Å². The summed E-state index contributed by atoms with van der Waals surface area (Å²) in [5, 5.41) is 15.1. The molecular weight excluding hydrogens is 258 g/mol. The van der Waals surface area contributed by atoms with E-state index >= 15 is 0 Å². The molecular formula is C10H11N3O2S2. The smallest absolute Gasteiger partial charge is 0.213 e. The molecule has 90 valence electrons. The highest BCUT2D eigenvalue weighted by Crippen LogP contribution is 2.34. The highest BCUT2D eigenvalue weighted by atomic mass is 32.1. The Hall–Kier alpha value is -1.31. The number of carbonyl (C=O) groups is 1. The summed E-state index contributed by atoms with van der Waals surface area (Å²) >= 11 is 2.78. The van der Waals surface area contributed by atoms with Crippen LogP contribution in [0.1, 0.15) is 23.7 Å². The summed E-state index contributed by atoms with van der Waals surface area (Å²) in [6.07, 6.45) is 0.0299. The van der Waals surface area contributed by atoms with Gasteiger partial charge in [-0.05, 0) is 13.8 Å². The molecule has 0 saturated heterocycles. The van der Waals surface area contributed by atoms with Crippen LogP contribution < -0.4 is 5.32 Å². The third-order valence-corrected chi connectivity index (χ3v) is 4.21. The molecule has 2 heterocycles. The number of amides is 1. The number of nitrogens with zero attached hydrogens (tertiary/aromatic N) is 2. The lowest BCUT2D eigenvalue weighted by Gasteiger charge is -1.94. The van der Waals surface area contributed by atoms with Crippen molar-refractivity contribution in [1.82, 2.24) is 9.97 Å². The van der Waals surface area contributed by atoms with Crippen LogP contribution in [0.25, 0.3) is 10.6 Å². The quantitative estimate of drug-likeness (QED) is 0.834. The van der Waals surface area contributed by atoms with Crippen LogP contribution in [-0.2, 0) is 4.79 Å². The van der Waals surface area contributed by atoms with Crippen molar-refractivity contribution in [2.75, 3.05) is 5.32 Å². The average Bonchev–Trinajstić information content (AvgIpc) is 2.85. The van der Waals surface area contributed by atoms with Crippen LogP contribution in [-0.4, -0.2) is 21.5 Å². The first-order valence-electron chi connectivity index (χ1n) is 4.93. The lowest BCUT2D eigenvalue weighted by molar-refractivity contribution is -0.105. The van der Waals surface area contributed by atoms with Crippen molar-refractivity contribution in [2.24, 2.45) is 0 Å². The molecule has 0 aromatic carbocycles. The fraction of sp³-hybridized carbons (Fsp3) is 0.300. The number of carbonyl (C=O) groups excluding carboxylic acids is 1. The Bertz CT molecular complexity index is 533. The molecule has 0 aliphatic rings. The fourth-order valence-corrected chi connectivity index (χ4v) is 3.03. The van der Waals surface area contributed by atoms with Gasteiger partial charge in [0.15, 0.2) is 5.13 Å².